The van der Waals surface area contributed by atoms with Gasteiger partial charge < -0.3 is 15.2 Å². The Hall–Kier alpha value is -2.65. The summed E-state index contributed by atoms with van der Waals surface area (Å²) in [7, 11) is 0. The number of fused-ring (bicyclic) bond motifs is 5. The van der Waals surface area contributed by atoms with Crippen molar-refractivity contribution in [3.63, 3.8) is 0 Å². The molecular weight excluding hydrogens is 518 g/mol. The lowest BCUT2D eigenvalue weighted by Crippen LogP contribution is -2.61. The van der Waals surface area contributed by atoms with Gasteiger partial charge in [0.15, 0.2) is 12.4 Å². The fraction of sp³-hybridized carbons (Fsp3) is 0.633. The first-order chi connectivity index (χ1) is 18.5. The number of nitrogens with one attached hydrogen (secondary N) is 1. The molecule has 0 spiro atoms. The van der Waals surface area contributed by atoms with E-state index in [1.54, 1.807) is 6.08 Å². The summed E-state index contributed by atoms with van der Waals surface area (Å²) in [6.45, 7) is 3.76. The van der Waals surface area contributed by atoms with Crippen molar-refractivity contribution in [2.24, 2.45) is 28.6 Å². The highest BCUT2D eigenvalue weighted by molar-refractivity contribution is 7.09. The number of esters is 1. The molecule has 4 aliphatic rings. The monoisotopic (exact) mass is 555 g/mol. The minimum Gasteiger partial charge on any atom is -0.458 e. The molecule has 4 aliphatic carbocycles. The van der Waals surface area contributed by atoms with Crippen molar-refractivity contribution in [3.8, 4) is 0 Å². The summed E-state index contributed by atoms with van der Waals surface area (Å²) in [5, 5.41) is 16.4. The van der Waals surface area contributed by atoms with Crippen LogP contribution in [0.2, 0.25) is 0 Å². The van der Waals surface area contributed by atoms with E-state index in [1.165, 1.54) is 11.3 Å². The number of hydrogen-bond donors (Lipinski definition) is 2. The van der Waals surface area contributed by atoms with E-state index >= 15 is 0 Å². The van der Waals surface area contributed by atoms with Crippen LogP contribution in [0.5, 0.6) is 0 Å². The number of allylic oxidation sites excluding steroid dienone is 1. The van der Waals surface area contributed by atoms with Crippen molar-refractivity contribution in [2.45, 2.75) is 83.8 Å². The Labute approximate surface area is 232 Å². The van der Waals surface area contributed by atoms with Gasteiger partial charge in [0.05, 0.1) is 13.0 Å². The van der Waals surface area contributed by atoms with Crippen molar-refractivity contribution in [1.82, 2.24) is 5.32 Å². The predicted molar refractivity (Wildman–Crippen MR) is 143 cm³/mol. The summed E-state index contributed by atoms with van der Waals surface area (Å²) >= 11 is 1.53. The molecule has 1 aromatic rings. The van der Waals surface area contributed by atoms with E-state index in [9.17, 15) is 29.1 Å². The van der Waals surface area contributed by atoms with Gasteiger partial charge in [0.2, 0.25) is 11.7 Å². The molecule has 0 bridgehead atoms. The molecule has 9 heteroatoms. The Morgan fingerprint density at radius 3 is 2.67 bits per heavy atom. The van der Waals surface area contributed by atoms with Gasteiger partial charge in [0.25, 0.3) is 0 Å². The number of aliphatic hydroxyl groups is 1. The Morgan fingerprint density at radius 2 is 1.92 bits per heavy atom. The van der Waals surface area contributed by atoms with E-state index in [0.717, 1.165) is 23.3 Å². The van der Waals surface area contributed by atoms with Gasteiger partial charge in [0.1, 0.15) is 11.4 Å². The molecular formula is C30H37NO7S. The topological polar surface area (TPSA) is 127 Å². The molecule has 1 heterocycles. The Kier molecular flexibility index (Phi) is 7.44. The normalized spacial score (nSPS) is 35.4. The number of thiophene rings is 1. The molecule has 0 unspecified atom stereocenters. The maximum atomic E-state index is 13.7. The van der Waals surface area contributed by atoms with Crippen LogP contribution in [0.4, 0.5) is 0 Å². The number of hydrogen-bond acceptors (Lipinski definition) is 8. The smallest absolute Gasteiger partial charge is 0.306 e. The van der Waals surface area contributed by atoms with E-state index in [4.69, 9.17) is 4.74 Å². The van der Waals surface area contributed by atoms with Crippen molar-refractivity contribution in [1.29, 1.82) is 0 Å². The summed E-state index contributed by atoms with van der Waals surface area (Å²) in [5.41, 5.74) is -1.95. The van der Waals surface area contributed by atoms with E-state index in [1.807, 2.05) is 24.4 Å². The lowest BCUT2D eigenvalue weighted by Gasteiger charge is -2.57. The minimum atomic E-state index is -1.75. The van der Waals surface area contributed by atoms with E-state index in [0.29, 0.717) is 25.8 Å². The van der Waals surface area contributed by atoms with Crippen molar-refractivity contribution in [2.75, 3.05) is 6.61 Å². The molecule has 0 saturated heterocycles. The average molecular weight is 556 g/mol. The zero-order valence-corrected chi connectivity index (χ0v) is 23.4. The van der Waals surface area contributed by atoms with Crippen LogP contribution < -0.4 is 5.32 Å². The molecule has 1 aromatic heterocycles. The molecule has 3 fully saturated rings. The summed E-state index contributed by atoms with van der Waals surface area (Å²) in [4.78, 5) is 64.4. The standard InChI is InChI=1S/C30H37NO7S/c1-28-11-9-19(32)14-18(28)5-6-21-22-10-12-30(37,29(22,2)15-23(33)27(21)28)24(34)17-38-26(36)8-7-25(35)31-16-20-4-3-13-39-20/h3-4,13-14,21-22,27,37H,5-12,15-17H2,1-2H3,(H,31,35)/t21-,22+,27-,28+,29-,30+/m1/s1. The molecule has 0 radical (unpaired) electrons. The third kappa shape index (κ3) is 4.82. The SMILES string of the molecule is C[C@]12CCC(=O)C=C1CC[C@H]1[C@@H]2C(=O)C[C@]2(C)[C@H]1CC[C@]2(O)C(=O)COC(=O)CCC(=O)NCc1cccs1. The fourth-order valence-electron chi connectivity index (χ4n) is 8.09. The zero-order valence-electron chi connectivity index (χ0n) is 22.6. The summed E-state index contributed by atoms with van der Waals surface area (Å²) in [6, 6.07) is 3.80. The maximum absolute atomic E-state index is 13.7. The number of carbonyl (C=O) groups excluding carboxylic acids is 5. The van der Waals surface area contributed by atoms with Crippen molar-refractivity contribution < 1.29 is 33.8 Å². The number of ketones is 3. The second-order valence-corrected chi connectivity index (χ2v) is 13.3. The highest BCUT2D eigenvalue weighted by Gasteiger charge is 2.68. The van der Waals surface area contributed by atoms with Crippen LogP contribution in [0.25, 0.3) is 0 Å². The first kappa shape index (κ1) is 27.9. The third-order valence-electron chi connectivity index (χ3n) is 10.2. The van der Waals surface area contributed by atoms with Crippen molar-refractivity contribution in [3.05, 3.63) is 34.0 Å². The Bertz CT molecular complexity index is 1220. The lowest BCUT2D eigenvalue weighted by molar-refractivity contribution is -0.173. The van der Waals surface area contributed by atoms with E-state index in [-0.39, 0.29) is 66.3 Å². The van der Waals surface area contributed by atoms with Gasteiger partial charge in [-0.15, -0.1) is 11.3 Å². The van der Waals surface area contributed by atoms with Crippen LogP contribution in [0.15, 0.2) is 29.2 Å². The average Bonchev–Trinajstić information content (AvgIpc) is 3.51. The van der Waals surface area contributed by atoms with Gasteiger partial charge in [-0.25, -0.2) is 0 Å². The fourth-order valence-corrected chi connectivity index (χ4v) is 8.73. The molecule has 210 valence electrons. The van der Waals surface area contributed by atoms with Crippen LogP contribution in [0, 0.1) is 28.6 Å². The van der Waals surface area contributed by atoms with Gasteiger partial charge in [-0.05, 0) is 66.9 Å². The van der Waals surface area contributed by atoms with Gasteiger partial charge in [-0.1, -0.05) is 25.5 Å². The largest absolute Gasteiger partial charge is 0.458 e. The van der Waals surface area contributed by atoms with Gasteiger partial charge in [0, 0.05) is 35.5 Å². The minimum absolute atomic E-state index is 0.00658. The summed E-state index contributed by atoms with van der Waals surface area (Å²) in [6.07, 6.45) is 5.11. The van der Waals surface area contributed by atoms with Crippen LogP contribution >= 0.6 is 11.3 Å². The van der Waals surface area contributed by atoms with Crippen LogP contribution in [0.1, 0.15) is 76.5 Å². The van der Waals surface area contributed by atoms with Gasteiger partial charge >= 0.3 is 5.97 Å². The molecule has 6 atom stereocenters. The highest BCUT2D eigenvalue weighted by atomic mass is 32.1. The quantitative estimate of drug-likeness (QED) is 0.468. The number of ether oxygens (including phenoxy) is 1. The second kappa shape index (κ2) is 10.4. The summed E-state index contributed by atoms with van der Waals surface area (Å²) < 4.78 is 5.19. The maximum Gasteiger partial charge on any atom is 0.306 e. The van der Waals surface area contributed by atoms with Crippen LogP contribution in [-0.4, -0.2) is 46.5 Å². The molecule has 0 aliphatic heterocycles. The number of carbonyl (C=O) groups is 5. The zero-order chi connectivity index (χ0) is 28.0. The number of amides is 1. The van der Waals surface area contributed by atoms with Crippen molar-refractivity contribution >= 4 is 40.6 Å². The number of Topliss-reactive ketones (excluding diaryl/α,β-unsaturated/α-hetero) is 2. The molecule has 2 N–H and O–H groups in total. The third-order valence-corrected chi connectivity index (χ3v) is 11.1. The van der Waals surface area contributed by atoms with Crippen LogP contribution in [0.3, 0.4) is 0 Å². The second-order valence-electron chi connectivity index (χ2n) is 12.2. The molecule has 0 aromatic carbocycles. The lowest BCUT2D eigenvalue weighted by atomic mass is 9.46. The van der Waals surface area contributed by atoms with Gasteiger partial charge in [-0.3, -0.25) is 24.0 Å². The molecule has 5 rings (SSSR count). The molecule has 8 nitrogen and oxygen atoms in total. The van der Waals surface area contributed by atoms with E-state index in [2.05, 4.69) is 12.2 Å². The number of rotatable bonds is 8. The Balaban J connectivity index is 1.19. The van der Waals surface area contributed by atoms with E-state index < -0.39 is 29.4 Å². The Morgan fingerprint density at radius 1 is 1.13 bits per heavy atom. The first-order valence-corrected chi connectivity index (χ1v) is 14.8. The first-order valence-electron chi connectivity index (χ1n) is 13.9. The predicted octanol–water partition coefficient (Wildman–Crippen LogP) is 3.70. The highest BCUT2D eigenvalue weighted by Crippen LogP contribution is 2.66. The van der Waals surface area contributed by atoms with Crippen LogP contribution in [-0.2, 0) is 35.3 Å². The van der Waals surface area contributed by atoms with Gasteiger partial charge in [-0.2, -0.15) is 0 Å². The molecule has 39 heavy (non-hydrogen) atoms. The molecule has 3 saturated carbocycles. The molecule has 1 amide bonds. The summed E-state index contributed by atoms with van der Waals surface area (Å²) in [5.74, 6) is -1.53.